The lowest BCUT2D eigenvalue weighted by Crippen LogP contribution is -2.40. The molecule has 13 heteroatoms. The van der Waals surface area contributed by atoms with E-state index in [4.69, 9.17) is 10.5 Å². The van der Waals surface area contributed by atoms with Crippen LogP contribution in [0.15, 0.2) is 58.9 Å². The Hall–Kier alpha value is -4.31. The van der Waals surface area contributed by atoms with E-state index in [1.807, 2.05) is 0 Å². The van der Waals surface area contributed by atoms with Crippen molar-refractivity contribution in [3.05, 3.63) is 95.9 Å². The Morgan fingerprint density at radius 3 is 2.26 bits per heavy atom. The van der Waals surface area contributed by atoms with Crippen LogP contribution in [0.5, 0.6) is 0 Å². The summed E-state index contributed by atoms with van der Waals surface area (Å²) in [5.41, 5.74) is 1.15. The molecule has 1 aliphatic heterocycles. The van der Waals surface area contributed by atoms with Gasteiger partial charge in [0.25, 0.3) is 5.56 Å². The van der Waals surface area contributed by atoms with E-state index in [9.17, 15) is 41.2 Å². The van der Waals surface area contributed by atoms with Crippen molar-refractivity contribution in [2.24, 2.45) is 5.73 Å². The second-order valence-corrected chi connectivity index (χ2v) is 9.23. The van der Waals surface area contributed by atoms with Gasteiger partial charge in [-0.15, -0.1) is 11.3 Å². The third kappa shape index (κ3) is 4.95. The van der Waals surface area contributed by atoms with E-state index < -0.39 is 63.5 Å². The van der Waals surface area contributed by atoms with Gasteiger partial charge in [-0.2, -0.15) is 31.6 Å². The van der Waals surface area contributed by atoms with Gasteiger partial charge in [0.1, 0.15) is 10.5 Å². The number of halogens is 6. The molecule has 0 amide bonds. The molecule has 39 heavy (non-hydrogen) atoms. The summed E-state index contributed by atoms with van der Waals surface area (Å²) in [5, 5.41) is 9.92. The van der Waals surface area contributed by atoms with Gasteiger partial charge >= 0.3 is 18.3 Å². The summed E-state index contributed by atoms with van der Waals surface area (Å²) < 4.78 is 87.7. The fourth-order valence-electron chi connectivity index (χ4n) is 4.29. The van der Waals surface area contributed by atoms with E-state index in [1.165, 1.54) is 25.1 Å². The first-order valence-corrected chi connectivity index (χ1v) is 12.0. The van der Waals surface area contributed by atoms with Crippen LogP contribution in [0.2, 0.25) is 0 Å². The van der Waals surface area contributed by atoms with Crippen LogP contribution in [0.25, 0.3) is 17.5 Å². The maximum atomic E-state index is 13.9. The van der Waals surface area contributed by atoms with Crippen molar-refractivity contribution in [3.63, 3.8) is 0 Å². The van der Waals surface area contributed by atoms with Crippen molar-refractivity contribution < 1.29 is 35.9 Å². The van der Waals surface area contributed by atoms with E-state index in [0.29, 0.717) is 11.3 Å². The molecule has 0 bridgehead atoms. The largest absolute Gasteiger partial charge is 0.463 e. The van der Waals surface area contributed by atoms with Crippen LogP contribution >= 0.6 is 11.3 Å². The molecule has 0 aliphatic carbocycles. The number of hydrogen-bond acceptors (Lipinski definition) is 6. The average Bonchev–Trinajstić information content (AvgIpc) is 3.18. The number of rotatable bonds is 4. The molecule has 3 aromatic rings. The highest BCUT2D eigenvalue weighted by Gasteiger charge is 2.42. The summed E-state index contributed by atoms with van der Waals surface area (Å²) in [7, 11) is 0. The fraction of sp³-hybridized carbons (Fsp3) is 0.192. The molecule has 1 atom stereocenters. The van der Waals surface area contributed by atoms with Crippen molar-refractivity contribution in [1.82, 2.24) is 4.57 Å². The Bertz CT molecular complexity index is 1730. The lowest BCUT2D eigenvalue weighted by molar-refractivity contribution is -0.139. The number of esters is 1. The fourth-order valence-corrected chi connectivity index (χ4v) is 5.45. The Kier molecular flexibility index (Phi) is 7.18. The standard InChI is InChI=1S/C26H17F6N3O3S/c1-2-38-24(37)20-19(14-8-4-6-10-17(14)26(30,31)32)15(12-33)21(34)35-22(36)18(39-23(20)35)11-13-7-3-5-9-16(13)25(27,28)29/h3-11,19H,2,34H2,1H3. The molecule has 2 aromatic carbocycles. The van der Waals surface area contributed by atoms with Gasteiger partial charge in [0, 0.05) is 0 Å². The van der Waals surface area contributed by atoms with Crippen LogP contribution in [0.3, 0.4) is 0 Å². The number of ether oxygens (including phenoxy) is 1. The zero-order valence-corrected chi connectivity index (χ0v) is 20.7. The highest BCUT2D eigenvalue weighted by Crippen LogP contribution is 2.43. The van der Waals surface area contributed by atoms with Crippen molar-refractivity contribution in [3.8, 4) is 6.07 Å². The van der Waals surface area contributed by atoms with Crippen LogP contribution in [0.1, 0.15) is 35.1 Å². The van der Waals surface area contributed by atoms with E-state index in [0.717, 1.165) is 41.0 Å². The molecule has 1 aromatic heterocycles. The summed E-state index contributed by atoms with van der Waals surface area (Å²) in [6, 6.07) is 10.4. The first-order valence-electron chi connectivity index (χ1n) is 11.2. The SMILES string of the molecule is CCOC(=O)C1=c2sc(=Cc3ccccc3C(F)(F)F)c(=O)n2C(N)=C(C#N)C1c1ccccc1C(F)(F)F. The molecule has 0 saturated heterocycles. The van der Waals surface area contributed by atoms with Gasteiger partial charge in [-0.05, 0) is 36.3 Å². The number of nitrogens with two attached hydrogens (primary N) is 1. The number of allylic oxidation sites excluding steroid dienone is 1. The summed E-state index contributed by atoms with van der Waals surface area (Å²) in [4.78, 5) is 26.5. The average molecular weight is 565 g/mol. The maximum absolute atomic E-state index is 13.9. The molecule has 1 aliphatic rings. The van der Waals surface area contributed by atoms with Crippen LogP contribution < -0.4 is 20.5 Å². The highest BCUT2D eigenvalue weighted by molar-refractivity contribution is 7.07. The number of carbonyl (C=O) groups is 1. The molecule has 1 unspecified atom stereocenters. The van der Waals surface area contributed by atoms with Crippen LogP contribution in [0.4, 0.5) is 26.3 Å². The van der Waals surface area contributed by atoms with Crippen molar-refractivity contribution in [2.45, 2.75) is 25.2 Å². The summed E-state index contributed by atoms with van der Waals surface area (Å²) in [6.07, 6.45) is -8.68. The lowest BCUT2D eigenvalue weighted by atomic mass is 9.81. The zero-order chi connectivity index (χ0) is 28.7. The molecule has 2 heterocycles. The van der Waals surface area contributed by atoms with E-state index >= 15 is 0 Å². The van der Waals surface area contributed by atoms with Gasteiger partial charge < -0.3 is 10.5 Å². The maximum Gasteiger partial charge on any atom is 0.416 e. The molecular formula is C26H17F6N3O3S. The Morgan fingerprint density at radius 2 is 1.67 bits per heavy atom. The van der Waals surface area contributed by atoms with Crippen LogP contribution in [-0.2, 0) is 21.9 Å². The number of alkyl halides is 6. The van der Waals surface area contributed by atoms with Crippen LogP contribution in [-0.4, -0.2) is 17.1 Å². The number of nitrogens with zero attached hydrogens (tertiary/aromatic N) is 2. The Labute approximate surface area is 220 Å². The zero-order valence-electron chi connectivity index (χ0n) is 19.9. The Morgan fingerprint density at radius 1 is 1.08 bits per heavy atom. The number of fused-ring (bicyclic) bond motifs is 1. The number of hydrogen-bond donors (Lipinski definition) is 1. The number of benzene rings is 2. The minimum Gasteiger partial charge on any atom is -0.463 e. The number of thiazole rings is 1. The second-order valence-electron chi connectivity index (χ2n) is 8.20. The molecule has 0 radical (unpaired) electrons. The number of aromatic nitrogens is 1. The van der Waals surface area contributed by atoms with E-state index in [2.05, 4.69) is 0 Å². The molecule has 2 N–H and O–H groups in total. The predicted octanol–water partition coefficient (Wildman–Crippen LogP) is 3.94. The molecule has 0 fully saturated rings. The van der Waals surface area contributed by atoms with Crippen molar-refractivity contribution >= 4 is 34.8 Å². The molecule has 6 nitrogen and oxygen atoms in total. The highest BCUT2D eigenvalue weighted by atomic mass is 32.1. The van der Waals surface area contributed by atoms with Gasteiger partial charge in [0.2, 0.25) is 0 Å². The van der Waals surface area contributed by atoms with Gasteiger partial charge in [0.05, 0.1) is 45.4 Å². The molecule has 0 spiro atoms. The van der Waals surface area contributed by atoms with E-state index in [-0.39, 0.29) is 21.4 Å². The van der Waals surface area contributed by atoms with Gasteiger partial charge in [-0.3, -0.25) is 9.36 Å². The molecule has 202 valence electrons. The third-order valence-corrected chi connectivity index (χ3v) is 7.00. The molecule has 0 saturated carbocycles. The van der Waals surface area contributed by atoms with Gasteiger partial charge in [0.15, 0.2) is 0 Å². The first-order chi connectivity index (χ1) is 18.3. The Balaban J connectivity index is 2.15. The summed E-state index contributed by atoms with van der Waals surface area (Å²) >= 11 is 0.551. The smallest absolute Gasteiger partial charge is 0.416 e. The van der Waals surface area contributed by atoms with Gasteiger partial charge in [-0.1, -0.05) is 36.4 Å². The summed E-state index contributed by atoms with van der Waals surface area (Å²) in [5.74, 6) is -3.33. The lowest BCUT2D eigenvalue weighted by Gasteiger charge is -2.26. The quantitative estimate of drug-likeness (QED) is 0.382. The van der Waals surface area contributed by atoms with Gasteiger partial charge in [-0.25, -0.2) is 4.79 Å². The molecular weight excluding hydrogens is 548 g/mol. The second kappa shape index (κ2) is 10.1. The van der Waals surface area contributed by atoms with Crippen molar-refractivity contribution in [1.29, 1.82) is 5.26 Å². The predicted molar refractivity (Wildman–Crippen MR) is 130 cm³/mol. The molecule has 4 rings (SSSR count). The number of nitriles is 1. The number of carbonyl (C=O) groups excluding carboxylic acids is 1. The minimum absolute atomic E-state index is 0.190. The van der Waals surface area contributed by atoms with Crippen LogP contribution in [0, 0.1) is 11.3 Å². The van der Waals surface area contributed by atoms with E-state index in [1.54, 1.807) is 6.07 Å². The first kappa shape index (κ1) is 27.7. The minimum atomic E-state index is -4.88. The summed E-state index contributed by atoms with van der Waals surface area (Å²) in [6.45, 7) is 1.26. The van der Waals surface area contributed by atoms with Crippen molar-refractivity contribution in [2.75, 3.05) is 6.61 Å². The third-order valence-electron chi connectivity index (χ3n) is 5.89. The monoisotopic (exact) mass is 565 g/mol. The topological polar surface area (TPSA) is 98.1 Å². The normalized spacial score (nSPS) is 16.2.